The lowest BCUT2D eigenvalue weighted by molar-refractivity contribution is -0.181. The molecule has 0 bridgehead atoms. The number of carbonyl (C=O) groups is 2. The van der Waals surface area contributed by atoms with Crippen molar-refractivity contribution in [2.45, 2.75) is 45.3 Å². The Kier molecular flexibility index (Phi) is 3.86. The van der Waals surface area contributed by atoms with Crippen LogP contribution in [0.5, 0.6) is 0 Å². The van der Waals surface area contributed by atoms with Crippen LogP contribution in [-0.4, -0.2) is 63.3 Å². The monoisotopic (exact) mass is 384 g/mol. The topological polar surface area (TPSA) is 86.0 Å². The fourth-order valence-electron chi connectivity index (χ4n) is 4.58. The number of likely N-dealkylation sites (tertiary alicyclic amines) is 1. The molecule has 1 amide bonds. The molecular formula is C20H24N4O4. The molecule has 0 radical (unpaired) electrons. The van der Waals surface area contributed by atoms with Gasteiger partial charge in [0.2, 0.25) is 0 Å². The molecule has 0 saturated carbocycles. The highest BCUT2D eigenvalue weighted by atomic mass is 16.7. The first-order valence-corrected chi connectivity index (χ1v) is 9.84. The van der Waals surface area contributed by atoms with Gasteiger partial charge in [0.05, 0.1) is 30.7 Å². The highest BCUT2D eigenvalue weighted by Gasteiger charge is 2.41. The van der Waals surface area contributed by atoms with Crippen molar-refractivity contribution < 1.29 is 19.1 Å². The second kappa shape index (κ2) is 6.09. The third-order valence-corrected chi connectivity index (χ3v) is 6.07. The van der Waals surface area contributed by atoms with E-state index in [1.54, 1.807) is 16.9 Å². The number of hydrogen-bond acceptors (Lipinski definition) is 6. The summed E-state index contributed by atoms with van der Waals surface area (Å²) in [5.41, 5.74) is 2.32. The molecule has 2 fully saturated rings. The highest BCUT2D eigenvalue weighted by Crippen LogP contribution is 2.35. The van der Waals surface area contributed by atoms with Crippen molar-refractivity contribution >= 4 is 17.3 Å². The molecule has 0 N–H and O–H groups in total. The summed E-state index contributed by atoms with van der Waals surface area (Å²) in [6.07, 6.45) is 5.74. The van der Waals surface area contributed by atoms with Crippen molar-refractivity contribution in [3.8, 4) is 0 Å². The van der Waals surface area contributed by atoms with Crippen LogP contribution in [0.2, 0.25) is 0 Å². The molecule has 2 aromatic heterocycles. The predicted octanol–water partition coefficient (Wildman–Crippen LogP) is 1.86. The standard InChI is InChI=1S/C20H24N4O4/c1-19(2)9-15-13(16(25)10-19)11-21-17-14(12-22-24(15)17)18(26)23-5-3-20(4-6-23)27-7-8-28-20/h11-12H,3-10H2,1-2H3. The lowest BCUT2D eigenvalue weighted by atomic mass is 9.76. The van der Waals surface area contributed by atoms with Crippen molar-refractivity contribution in [3.05, 3.63) is 29.2 Å². The molecule has 5 rings (SSSR count). The molecule has 28 heavy (non-hydrogen) atoms. The van der Waals surface area contributed by atoms with Crippen LogP contribution in [0.4, 0.5) is 0 Å². The second-order valence-corrected chi connectivity index (χ2v) is 8.75. The Bertz CT molecular complexity index is 964. The van der Waals surface area contributed by atoms with Crippen molar-refractivity contribution in [2.75, 3.05) is 26.3 Å². The number of ketones is 1. The second-order valence-electron chi connectivity index (χ2n) is 8.75. The van der Waals surface area contributed by atoms with Crippen LogP contribution in [0.3, 0.4) is 0 Å². The first-order chi connectivity index (χ1) is 13.4. The van der Waals surface area contributed by atoms with E-state index in [1.807, 2.05) is 4.90 Å². The lowest BCUT2D eigenvalue weighted by Crippen LogP contribution is -2.47. The lowest BCUT2D eigenvalue weighted by Gasteiger charge is -2.37. The third-order valence-electron chi connectivity index (χ3n) is 6.07. The van der Waals surface area contributed by atoms with Gasteiger partial charge < -0.3 is 14.4 Å². The van der Waals surface area contributed by atoms with Crippen molar-refractivity contribution in [2.24, 2.45) is 5.41 Å². The number of fused-ring (bicyclic) bond motifs is 3. The van der Waals surface area contributed by atoms with Crippen LogP contribution < -0.4 is 0 Å². The largest absolute Gasteiger partial charge is 0.347 e. The summed E-state index contributed by atoms with van der Waals surface area (Å²) in [5, 5.41) is 4.42. The zero-order valence-electron chi connectivity index (χ0n) is 16.2. The van der Waals surface area contributed by atoms with Crippen LogP contribution >= 0.6 is 0 Å². The van der Waals surface area contributed by atoms with E-state index in [1.165, 1.54) is 0 Å². The van der Waals surface area contributed by atoms with Gasteiger partial charge in [-0.1, -0.05) is 13.8 Å². The fraction of sp³-hybridized carbons (Fsp3) is 0.600. The SMILES string of the molecule is CC1(C)CC(=O)c2cnc3c(C(=O)N4CCC5(CC4)OCCO5)cnn3c2C1. The Labute approximate surface area is 162 Å². The van der Waals surface area contributed by atoms with Crippen LogP contribution in [0.25, 0.3) is 5.65 Å². The van der Waals surface area contributed by atoms with Gasteiger partial charge in [0, 0.05) is 38.5 Å². The summed E-state index contributed by atoms with van der Waals surface area (Å²) in [4.78, 5) is 31.8. The zero-order valence-corrected chi connectivity index (χ0v) is 16.2. The molecule has 1 spiro atoms. The summed E-state index contributed by atoms with van der Waals surface area (Å²) < 4.78 is 13.2. The zero-order chi connectivity index (χ0) is 19.5. The molecule has 2 aliphatic heterocycles. The van der Waals surface area contributed by atoms with Gasteiger partial charge in [0.25, 0.3) is 5.91 Å². The number of nitrogens with zero attached hydrogens (tertiary/aromatic N) is 4. The first kappa shape index (κ1) is 17.8. The van der Waals surface area contributed by atoms with E-state index in [-0.39, 0.29) is 17.1 Å². The molecule has 1 aliphatic carbocycles. The summed E-state index contributed by atoms with van der Waals surface area (Å²) >= 11 is 0. The van der Waals surface area contributed by atoms with Gasteiger partial charge in [-0.05, 0) is 11.8 Å². The van der Waals surface area contributed by atoms with Gasteiger partial charge in [0.15, 0.2) is 17.2 Å². The van der Waals surface area contributed by atoms with Gasteiger partial charge in [-0.25, -0.2) is 9.50 Å². The van der Waals surface area contributed by atoms with E-state index in [0.717, 1.165) is 12.1 Å². The maximum Gasteiger partial charge on any atom is 0.259 e. The van der Waals surface area contributed by atoms with Crippen LogP contribution in [0, 0.1) is 5.41 Å². The number of ether oxygens (including phenoxy) is 2. The Balaban J connectivity index is 1.44. The summed E-state index contributed by atoms with van der Waals surface area (Å²) in [6.45, 7) is 6.54. The minimum atomic E-state index is -0.513. The maximum atomic E-state index is 13.1. The molecule has 8 heteroatoms. The average Bonchev–Trinajstić information content (AvgIpc) is 3.28. The van der Waals surface area contributed by atoms with Crippen LogP contribution in [-0.2, 0) is 15.9 Å². The van der Waals surface area contributed by atoms with Gasteiger partial charge in [0.1, 0.15) is 5.56 Å². The van der Waals surface area contributed by atoms with E-state index in [0.29, 0.717) is 62.3 Å². The predicted molar refractivity (Wildman–Crippen MR) is 99.2 cm³/mol. The molecule has 8 nitrogen and oxygen atoms in total. The number of rotatable bonds is 1. The quantitative estimate of drug-likeness (QED) is 0.746. The van der Waals surface area contributed by atoms with Crippen molar-refractivity contribution in [1.29, 1.82) is 0 Å². The Hall–Kier alpha value is -2.32. The van der Waals surface area contributed by atoms with E-state index >= 15 is 0 Å². The van der Waals surface area contributed by atoms with Crippen LogP contribution in [0.1, 0.15) is 59.5 Å². The third kappa shape index (κ3) is 2.74. The molecule has 2 saturated heterocycles. The summed E-state index contributed by atoms with van der Waals surface area (Å²) in [6, 6.07) is 0. The van der Waals surface area contributed by atoms with Gasteiger partial charge >= 0.3 is 0 Å². The Morgan fingerprint density at radius 3 is 2.54 bits per heavy atom. The fourth-order valence-corrected chi connectivity index (χ4v) is 4.58. The first-order valence-electron chi connectivity index (χ1n) is 9.84. The number of piperidine rings is 1. The minimum Gasteiger partial charge on any atom is -0.347 e. The summed E-state index contributed by atoms with van der Waals surface area (Å²) in [5.74, 6) is -0.514. The van der Waals surface area contributed by atoms with Crippen molar-refractivity contribution in [1.82, 2.24) is 19.5 Å². The summed E-state index contributed by atoms with van der Waals surface area (Å²) in [7, 11) is 0. The molecule has 4 heterocycles. The molecule has 2 aromatic rings. The molecule has 0 aromatic carbocycles. The van der Waals surface area contributed by atoms with E-state index in [2.05, 4.69) is 23.9 Å². The average molecular weight is 384 g/mol. The molecule has 0 atom stereocenters. The maximum absolute atomic E-state index is 13.1. The van der Waals surface area contributed by atoms with Gasteiger partial charge in [-0.2, -0.15) is 5.10 Å². The Morgan fingerprint density at radius 2 is 1.82 bits per heavy atom. The molecular weight excluding hydrogens is 360 g/mol. The van der Waals surface area contributed by atoms with Gasteiger partial charge in [-0.15, -0.1) is 0 Å². The van der Waals surface area contributed by atoms with E-state index < -0.39 is 5.79 Å². The number of amides is 1. The van der Waals surface area contributed by atoms with Gasteiger partial charge in [-0.3, -0.25) is 9.59 Å². The highest BCUT2D eigenvalue weighted by molar-refractivity contribution is 6.01. The number of Topliss-reactive ketones (excluding diaryl/α,β-unsaturated/α-hetero) is 1. The number of hydrogen-bond donors (Lipinski definition) is 0. The van der Waals surface area contributed by atoms with E-state index in [4.69, 9.17) is 9.47 Å². The smallest absolute Gasteiger partial charge is 0.259 e. The molecule has 148 valence electrons. The number of aromatic nitrogens is 3. The normalized spacial score (nSPS) is 23.4. The Morgan fingerprint density at radius 1 is 1.11 bits per heavy atom. The number of carbonyl (C=O) groups excluding carboxylic acids is 2. The van der Waals surface area contributed by atoms with E-state index in [9.17, 15) is 9.59 Å². The molecule has 3 aliphatic rings. The minimum absolute atomic E-state index is 0.0851. The van der Waals surface area contributed by atoms with Crippen LogP contribution in [0.15, 0.2) is 12.4 Å². The van der Waals surface area contributed by atoms with Crippen molar-refractivity contribution in [3.63, 3.8) is 0 Å². The molecule has 0 unspecified atom stereocenters.